The molecular weight excluding hydrogens is 234 g/mol. The Morgan fingerprint density at radius 2 is 1.88 bits per heavy atom. The molecule has 1 saturated heterocycles. The smallest absolute Gasteiger partial charge is 0.207 e. The number of aryl methyl sites for hydroxylation is 1. The van der Waals surface area contributed by atoms with Gasteiger partial charge in [0.15, 0.2) is 0 Å². The molecule has 3 rings (SSSR count). The van der Waals surface area contributed by atoms with Crippen molar-refractivity contribution < 1.29 is 8.42 Å². The van der Waals surface area contributed by atoms with E-state index in [9.17, 15) is 8.42 Å². The quantitative estimate of drug-likeness (QED) is 0.806. The highest BCUT2D eigenvalue weighted by atomic mass is 32.2. The monoisotopic (exact) mass is 251 g/mol. The Morgan fingerprint density at radius 1 is 1.24 bits per heavy atom. The molecule has 0 bridgehead atoms. The van der Waals surface area contributed by atoms with Crippen molar-refractivity contribution in [2.24, 2.45) is 11.8 Å². The minimum absolute atomic E-state index is 0.173. The van der Waals surface area contributed by atoms with E-state index in [2.05, 4.69) is 0 Å². The van der Waals surface area contributed by atoms with Gasteiger partial charge in [-0.15, -0.1) is 0 Å². The number of benzene rings is 1. The Morgan fingerprint density at radius 3 is 2.41 bits per heavy atom. The zero-order valence-corrected chi connectivity index (χ0v) is 10.9. The van der Waals surface area contributed by atoms with Gasteiger partial charge in [0, 0.05) is 12.6 Å². The molecule has 1 aromatic rings. The van der Waals surface area contributed by atoms with Crippen molar-refractivity contribution in [2.45, 2.75) is 31.2 Å². The maximum Gasteiger partial charge on any atom is 0.243 e. The van der Waals surface area contributed by atoms with Crippen LogP contribution in [0.1, 0.15) is 18.9 Å². The SMILES string of the molecule is Cc1ccc(S(=O)(=O)N2C[C@@H]3C[C@@H]3C2C)cc1. The molecule has 0 aromatic heterocycles. The van der Waals surface area contributed by atoms with E-state index >= 15 is 0 Å². The van der Waals surface area contributed by atoms with Crippen molar-refractivity contribution in [3.63, 3.8) is 0 Å². The van der Waals surface area contributed by atoms with Crippen LogP contribution in [-0.4, -0.2) is 25.3 Å². The van der Waals surface area contributed by atoms with Crippen LogP contribution in [0, 0.1) is 18.8 Å². The molecule has 1 aliphatic heterocycles. The molecule has 92 valence electrons. The lowest BCUT2D eigenvalue weighted by atomic mass is 10.2. The van der Waals surface area contributed by atoms with Crippen LogP contribution >= 0.6 is 0 Å². The topological polar surface area (TPSA) is 37.4 Å². The van der Waals surface area contributed by atoms with Gasteiger partial charge in [-0.1, -0.05) is 17.7 Å². The van der Waals surface area contributed by atoms with Gasteiger partial charge in [0.05, 0.1) is 4.90 Å². The number of fused-ring (bicyclic) bond motifs is 1. The maximum atomic E-state index is 12.4. The molecule has 1 aliphatic carbocycles. The second-order valence-electron chi connectivity index (χ2n) is 5.29. The van der Waals surface area contributed by atoms with Crippen molar-refractivity contribution in [2.75, 3.05) is 6.54 Å². The summed E-state index contributed by atoms with van der Waals surface area (Å²) < 4.78 is 26.6. The number of hydrogen-bond donors (Lipinski definition) is 0. The Balaban J connectivity index is 1.93. The van der Waals surface area contributed by atoms with Gasteiger partial charge in [-0.3, -0.25) is 0 Å². The molecule has 0 spiro atoms. The lowest BCUT2D eigenvalue weighted by Gasteiger charge is -2.23. The first-order chi connectivity index (χ1) is 8.00. The first-order valence-electron chi connectivity index (χ1n) is 6.08. The second-order valence-corrected chi connectivity index (χ2v) is 7.18. The number of sulfonamides is 1. The molecule has 2 fully saturated rings. The molecule has 1 saturated carbocycles. The Labute approximate surface area is 102 Å². The summed E-state index contributed by atoms with van der Waals surface area (Å²) in [6.07, 6.45) is 1.21. The van der Waals surface area contributed by atoms with Gasteiger partial charge in [-0.05, 0) is 44.2 Å². The van der Waals surface area contributed by atoms with E-state index < -0.39 is 10.0 Å². The van der Waals surface area contributed by atoms with Crippen LogP contribution in [-0.2, 0) is 10.0 Å². The normalized spacial score (nSPS) is 32.5. The van der Waals surface area contributed by atoms with Crippen LogP contribution < -0.4 is 0 Å². The molecule has 0 amide bonds. The van der Waals surface area contributed by atoms with E-state index in [1.54, 1.807) is 16.4 Å². The zero-order chi connectivity index (χ0) is 12.2. The highest BCUT2D eigenvalue weighted by Crippen LogP contribution is 2.50. The van der Waals surface area contributed by atoms with E-state index in [-0.39, 0.29) is 6.04 Å². The molecule has 17 heavy (non-hydrogen) atoms. The Hall–Kier alpha value is -0.870. The lowest BCUT2D eigenvalue weighted by Crippen LogP contribution is -2.36. The van der Waals surface area contributed by atoms with Gasteiger partial charge >= 0.3 is 0 Å². The largest absolute Gasteiger partial charge is 0.243 e. The first kappa shape index (κ1) is 11.2. The fourth-order valence-electron chi connectivity index (χ4n) is 2.85. The number of piperidine rings is 1. The van der Waals surface area contributed by atoms with Crippen LogP contribution in [0.4, 0.5) is 0 Å². The van der Waals surface area contributed by atoms with Crippen molar-refractivity contribution in [3.8, 4) is 0 Å². The fourth-order valence-corrected chi connectivity index (χ4v) is 4.58. The average Bonchev–Trinajstić information content (AvgIpc) is 2.98. The van der Waals surface area contributed by atoms with Gasteiger partial charge in [0.1, 0.15) is 0 Å². The third-order valence-corrected chi connectivity index (χ3v) is 6.06. The van der Waals surface area contributed by atoms with Gasteiger partial charge in [0.25, 0.3) is 0 Å². The fraction of sp³-hybridized carbons (Fsp3) is 0.538. The minimum Gasteiger partial charge on any atom is -0.207 e. The molecule has 0 N–H and O–H groups in total. The second kappa shape index (κ2) is 3.56. The van der Waals surface area contributed by atoms with E-state index in [1.165, 1.54) is 6.42 Å². The highest BCUT2D eigenvalue weighted by Gasteiger charge is 2.54. The van der Waals surface area contributed by atoms with Gasteiger partial charge in [-0.2, -0.15) is 4.31 Å². The zero-order valence-electron chi connectivity index (χ0n) is 10.1. The summed E-state index contributed by atoms with van der Waals surface area (Å²) in [5.74, 6) is 1.22. The summed E-state index contributed by atoms with van der Waals surface area (Å²) in [6, 6.07) is 7.30. The predicted octanol–water partition coefficient (Wildman–Crippen LogP) is 2.02. The van der Waals surface area contributed by atoms with Crippen molar-refractivity contribution >= 4 is 10.0 Å². The van der Waals surface area contributed by atoms with Crippen molar-refractivity contribution in [1.82, 2.24) is 4.31 Å². The molecule has 3 atom stereocenters. The summed E-state index contributed by atoms with van der Waals surface area (Å²) in [6.45, 7) is 4.70. The van der Waals surface area contributed by atoms with Crippen LogP contribution in [0.5, 0.6) is 0 Å². The molecule has 1 heterocycles. The summed E-state index contributed by atoms with van der Waals surface area (Å²) in [5, 5.41) is 0. The number of rotatable bonds is 2. The van der Waals surface area contributed by atoms with Crippen LogP contribution in [0.15, 0.2) is 29.2 Å². The van der Waals surface area contributed by atoms with Gasteiger partial charge in [-0.25, -0.2) is 8.42 Å². The Kier molecular flexibility index (Phi) is 2.35. The van der Waals surface area contributed by atoms with E-state index in [0.29, 0.717) is 23.3 Å². The Bertz CT molecular complexity index is 535. The summed E-state index contributed by atoms with van der Waals surface area (Å²) >= 11 is 0. The van der Waals surface area contributed by atoms with Gasteiger partial charge < -0.3 is 0 Å². The van der Waals surface area contributed by atoms with Crippen LogP contribution in [0.2, 0.25) is 0 Å². The van der Waals surface area contributed by atoms with E-state index in [0.717, 1.165) is 5.56 Å². The third kappa shape index (κ3) is 1.70. The van der Waals surface area contributed by atoms with E-state index in [4.69, 9.17) is 0 Å². The molecule has 0 radical (unpaired) electrons. The average molecular weight is 251 g/mol. The highest BCUT2D eigenvalue weighted by molar-refractivity contribution is 7.89. The van der Waals surface area contributed by atoms with Crippen LogP contribution in [0.3, 0.4) is 0 Å². The predicted molar refractivity (Wildman–Crippen MR) is 66.1 cm³/mol. The van der Waals surface area contributed by atoms with Gasteiger partial charge in [0.2, 0.25) is 10.0 Å². The molecule has 4 heteroatoms. The first-order valence-corrected chi connectivity index (χ1v) is 7.52. The third-order valence-electron chi connectivity index (χ3n) is 4.09. The summed E-state index contributed by atoms with van der Waals surface area (Å²) in [4.78, 5) is 0.427. The molecule has 2 aliphatic rings. The number of hydrogen-bond acceptors (Lipinski definition) is 2. The molecule has 1 unspecified atom stereocenters. The summed E-state index contributed by atoms with van der Waals surface area (Å²) in [7, 11) is -3.27. The summed E-state index contributed by atoms with van der Waals surface area (Å²) in [5.41, 5.74) is 1.08. The standard InChI is InChI=1S/C13H17NO2S/c1-9-3-5-12(6-4-9)17(15,16)14-8-11-7-13(11)10(14)2/h3-6,10-11,13H,7-8H2,1-2H3/t10?,11-,13+/m0/s1. The molecular formula is C13H17NO2S. The number of nitrogens with zero attached hydrogens (tertiary/aromatic N) is 1. The minimum atomic E-state index is -3.27. The molecule has 1 aromatic carbocycles. The van der Waals surface area contributed by atoms with Crippen LogP contribution in [0.25, 0.3) is 0 Å². The van der Waals surface area contributed by atoms with Crippen molar-refractivity contribution in [3.05, 3.63) is 29.8 Å². The van der Waals surface area contributed by atoms with E-state index in [1.807, 2.05) is 26.0 Å². The maximum absolute atomic E-state index is 12.4. The lowest BCUT2D eigenvalue weighted by molar-refractivity contribution is 0.364. The molecule has 3 nitrogen and oxygen atoms in total. The van der Waals surface area contributed by atoms with Crippen molar-refractivity contribution in [1.29, 1.82) is 0 Å².